The van der Waals surface area contributed by atoms with Crippen molar-refractivity contribution in [1.82, 2.24) is 9.80 Å². The lowest BCUT2D eigenvalue weighted by atomic mass is 10.0. The molecule has 0 aromatic heterocycles. The van der Waals surface area contributed by atoms with Crippen LogP contribution in [0.2, 0.25) is 0 Å². The Hall–Kier alpha value is -2.86. The van der Waals surface area contributed by atoms with Crippen molar-refractivity contribution in [3.8, 4) is 5.75 Å². The summed E-state index contributed by atoms with van der Waals surface area (Å²) in [6.07, 6.45) is 2.96. The average molecular weight is 422 g/mol. The van der Waals surface area contributed by atoms with Crippen molar-refractivity contribution in [3.63, 3.8) is 0 Å². The molecular formula is C25H31N3O3. The fourth-order valence-corrected chi connectivity index (χ4v) is 4.36. The number of ether oxygens (including phenoxy) is 1. The number of nitrogens with zero attached hydrogens (tertiary/aromatic N) is 3. The average Bonchev–Trinajstić information content (AvgIpc) is 2.82. The molecule has 0 unspecified atom stereocenters. The van der Waals surface area contributed by atoms with E-state index in [-0.39, 0.29) is 11.8 Å². The van der Waals surface area contributed by atoms with Crippen molar-refractivity contribution in [1.29, 1.82) is 0 Å². The molecule has 0 saturated carbocycles. The molecule has 4 rings (SSSR count). The molecule has 2 aliphatic heterocycles. The van der Waals surface area contributed by atoms with Crippen LogP contribution in [0.15, 0.2) is 48.5 Å². The van der Waals surface area contributed by atoms with Crippen LogP contribution < -0.4 is 9.64 Å². The summed E-state index contributed by atoms with van der Waals surface area (Å²) >= 11 is 0. The molecule has 1 saturated heterocycles. The largest absolute Gasteiger partial charge is 0.494 e. The van der Waals surface area contributed by atoms with E-state index in [9.17, 15) is 9.59 Å². The van der Waals surface area contributed by atoms with Crippen molar-refractivity contribution < 1.29 is 14.3 Å². The van der Waals surface area contributed by atoms with Crippen LogP contribution in [-0.4, -0.2) is 67.5 Å². The Bertz CT molecular complexity index is 904. The second-order valence-corrected chi connectivity index (χ2v) is 8.26. The van der Waals surface area contributed by atoms with Crippen LogP contribution in [0.5, 0.6) is 5.75 Å². The summed E-state index contributed by atoms with van der Waals surface area (Å²) in [5.41, 5.74) is 2.96. The van der Waals surface area contributed by atoms with Gasteiger partial charge in [0.2, 0.25) is 5.91 Å². The number of para-hydroxylation sites is 1. The third kappa shape index (κ3) is 5.25. The van der Waals surface area contributed by atoms with E-state index in [2.05, 4.69) is 11.0 Å². The first-order chi connectivity index (χ1) is 15.1. The maximum absolute atomic E-state index is 13.0. The Morgan fingerprint density at radius 1 is 0.935 bits per heavy atom. The maximum Gasteiger partial charge on any atom is 0.258 e. The van der Waals surface area contributed by atoms with Crippen LogP contribution in [0.25, 0.3) is 0 Å². The minimum Gasteiger partial charge on any atom is -0.494 e. The third-order valence-electron chi connectivity index (χ3n) is 6.16. The molecule has 0 aliphatic carbocycles. The maximum atomic E-state index is 13.0. The predicted molar refractivity (Wildman–Crippen MR) is 122 cm³/mol. The van der Waals surface area contributed by atoms with Crippen LogP contribution >= 0.6 is 0 Å². The van der Waals surface area contributed by atoms with Gasteiger partial charge in [-0.1, -0.05) is 18.2 Å². The molecule has 0 atom stereocenters. The Kier molecular flexibility index (Phi) is 6.87. The van der Waals surface area contributed by atoms with Crippen LogP contribution in [-0.2, 0) is 11.2 Å². The summed E-state index contributed by atoms with van der Waals surface area (Å²) in [5, 5.41) is 0. The number of anilines is 1. The number of hydrogen-bond donors (Lipinski definition) is 0. The van der Waals surface area contributed by atoms with Gasteiger partial charge in [0, 0.05) is 57.4 Å². The van der Waals surface area contributed by atoms with Gasteiger partial charge in [-0.2, -0.15) is 0 Å². The van der Waals surface area contributed by atoms with Gasteiger partial charge in [-0.15, -0.1) is 0 Å². The number of fused-ring (bicyclic) bond motifs is 1. The first-order valence-electron chi connectivity index (χ1n) is 11.2. The van der Waals surface area contributed by atoms with E-state index >= 15 is 0 Å². The number of piperazine rings is 1. The molecule has 6 heteroatoms. The lowest BCUT2D eigenvalue weighted by Crippen LogP contribution is -2.48. The SMILES string of the molecule is CC(=O)N1CCN(CCCOc2ccc(C(=O)N3CCCc4ccccc43)cc2)CC1. The first-order valence-corrected chi connectivity index (χ1v) is 11.2. The Labute approximate surface area is 184 Å². The molecule has 2 amide bonds. The number of rotatable bonds is 6. The number of carbonyl (C=O) groups is 2. The van der Waals surface area contributed by atoms with E-state index in [1.54, 1.807) is 6.92 Å². The van der Waals surface area contributed by atoms with E-state index < -0.39 is 0 Å². The fraction of sp³-hybridized carbons (Fsp3) is 0.440. The molecule has 0 radical (unpaired) electrons. The van der Waals surface area contributed by atoms with Crippen LogP contribution in [0, 0.1) is 0 Å². The van der Waals surface area contributed by atoms with Gasteiger partial charge in [-0.05, 0) is 55.2 Å². The fourth-order valence-electron chi connectivity index (χ4n) is 4.36. The molecule has 6 nitrogen and oxygen atoms in total. The standard InChI is InChI=1S/C25H31N3O3/c1-20(29)27-17-15-26(16-18-27)13-5-19-31-23-11-9-22(10-12-23)25(30)28-14-4-7-21-6-2-3-8-24(21)28/h2-3,6,8-12H,4-5,7,13-19H2,1H3. The quantitative estimate of drug-likeness (QED) is 0.672. The second kappa shape index (κ2) is 9.96. The zero-order chi connectivity index (χ0) is 21.6. The molecule has 0 spiro atoms. The highest BCUT2D eigenvalue weighted by molar-refractivity contribution is 6.06. The molecule has 0 N–H and O–H groups in total. The van der Waals surface area contributed by atoms with Crippen LogP contribution in [0.4, 0.5) is 5.69 Å². The van der Waals surface area contributed by atoms with Gasteiger partial charge in [0.15, 0.2) is 0 Å². The van der Waals surface area contributed by atoms with Crippen molar-refractivity contribution >= 4 is 17.5 Å². The van der Waals surface area contributed by atoms with E-state index in [0.29, 0.717) is 12.2 Å². The summed E-state index contributed by atoms with van der Waals surface area (Å²) in [4.78, 5) is 30.6. The minimum absolute atomic E-state index is 0.0448. The molecule has 31 heavy (non-hydrogen) atoms. The van der Waals surface area contributed by atoms with Gasteiger partial charge >= 0.3 is 0 Å². The van der Waals surface area contributed by atoms with Gasteiger partial charge in [-0.3, -0.25) is 14.5 Å². The summed E-state index contributed by atoms with van der Waals surface area (Å²) in [6, 6.07) is 15.6. The molecule has 2 heterocycles. The van der Waals surface area contributed by atoms with Crippen molar-refractivity contribution in [2.75, 3.05) is 50.8 Å². The molecule has 2 aliphatic rings. The number of benzene rings is 2. The second-order valence-electron chi connectivity index (χ2n) is 8.26. The van der Waals surface area contributed by atoms with E-state index in [4.69, 9.17) is 4.74 Å². The highest BCUT2D eigenvalue weighted by atomic mass is 16.5. The highest BCUT2D eigenvalue weighted by Gasteiger charge is 2.23. The minimum atomic E-state index is 0.0448. The van der Waals surface area contributed by atoms with E-state index in [1.165, 1.54) is 5.56 Å². The number of amides is 2. The van der Waals surface area contributed by atoms with Gasteiger partial charge in [0.1, 0.15) is 5.75 Å². The monoisotopic (exact) mass is 421 g/mol. The van der Waals surface area contributed by atoms with Crippen molar-refractivity contribution in [2.45, 2.75) is 26.2 Å². The topological polar surface area (TPSA) is 53.1 Å². The summed E-state index contributed by atoms with van der Waals surface area (Å²) in [5.74, 6) is 0.995. The molecule has 0 bridgehead atoms. The number of aryl methyl sites for hydroxylation is 1. The Balaban J connectivity index is 1.24. The molecular weight excluding hydrogens is 390 g/mol. The number of hydrogen-bond acceptors (Lipinski definition) is 4. The molecule has 164 valence electrons. The zero-order valence-electron chi connectivity index (χ0n) is 18.3. The van der Waals surface area contributed by atoms with Crippen LogP contribution in [0.1, 0.15) is 35.7 Å². The smallest absolute Gasteiger partial charge is 0.258 e. The third-order valence-corrected chi connectivity index (χ3v) is 6.16. The Morgan fingerprint density at radius 3 is 2.42 bits per heavy atom. The van der Waals surface area contributed by atoms with Crippen molar-refractivity contribution in [2.24, 2.45) is 0 Å². The van der Waals surface area contributed by atoms with E-state index in [1.807, 2.05) is 52.3 Å². The lowest BCUT2D eigenvalue weighted by molar-refractivity contribution is -0.130. The Morgan fingerprint density at radius 2 is 1.68 bits per heavy atom. The number of carbonyl (C=O) groups excluding carboxylic acids is 2. The van der Waals surface area contributed by atoms with E-state index in [0.717, 1.165) is 70.0 Å². The summed E-state index contributed by atoms with van der Waals surface area (Å²) in [7, 11) is 0. The summed E-state index contributed by atoms with van der Waals surface area (Å²) < 4.78 is 5.88. The van der Waals surface area contributed by atoms with Crippen molar-refractivity contribution in [3.05, 3.63) is 59.7 Å². The van der Waals surface area contributed by atoms with Gasteiger partial charge in [-0.25, -0.2) is 0 Å². The van der Waals surface area contributed by atoms with Crippen LogP contribution in [0.3, 0.4) is 0 Å². The highest BCUT2D eigenvalue weighted by Crippen LogP contribution is 2.28. The van der Waals surface area contributed by atoms with Gasteiger partial charge < -0.3 is 14.5 Å². The zero-order valence-corrected chi connectivity index (χ0v) is 18.3. The predicted octanol–water partition coefficient (Wildman–Crippen LogP) is 3.21. The lowest BCUT2D eigenvalue weighted by Gasteiger charge is -2.34. The van der Waals surface area contributed by atoms with Gasteiger partial charge in [0.25, 0.3) is 5.91 Å². The molecule has 2 aromatic carbocycles. The molecule has 1 fully saturated rings. The molecule has 2 aromatic rings. The summed E-state index contributed by atoms with van der Waals surface area (Å²) in [6.45, 7) is 7.48. The first kappa shape index (κ1) is 21.4. The normalized spacial score (nSPS) is 16.7. The van der Waals surface area contributed by atoms with Gasteiger partial charge in [0.05, 0.1) is 6.61 Å².